The molecule has 104 valence electrons. The Morgan fingerprint density at radius 1 is 1.35 bits per heavy atom. The quantitative estimate of drug-likeness (QED) is 0.913. The molecular formula is C15H15NO4. The number of rotatable bonds is 3. The van der Waals surface area contributed by atoms with E-state index in [0.717, 1.165) is 17.7 Å². The Balaban J connectivity index is 1.93. The summed E-state index contributed by atoms with van der Waals surface area (Å²) in [5.41, 5.74) is 2.12. The Morgan fingerprint density at radius 2 is 2.15 bits per heavy atom. The van der Waals surface area contributed by atoms with Gasteiger partial charge in [0, 0.05) is 36.6 Å². The number of carbonyl (C=O) groups is 3. The second-order valence-corrected chi connectivity index (χ2v) is 5.34. The first-order chi connectivity index (χ1) is 9.56. The van der Waals surface area contributed by atoms with Gasteiger partial charge in [-0.25, -0.2) is 0 Å². The number of hydrogen-bond acceptors (Lipinski definition) is 3. The summed E-state index contributed by atoms with van der Waals surface area (Å²) in [4.78, 5) is 36.3. The van der Waals surface area contributed by atoms with Gasteiger partial charge in [0.05, 0.1) is 6.42 Å². The van der Waals surface area contributed by atoms with Gasteiger partial charge < -0.3 is 10.0 Å². The van der Waals surface area contributed by atoms with Gasteiger partial charge in [-0.1, -0.05) is 6.07 Å². The number of benzene rings is 1. The molecule has 1 aromatic carbocycles. The van der Waals surface area contributed by atoms with Crippen LogP contribution < -0.4 is 4.90 Å². The molecule has 0 radical (unpaired) electrons. The van der Waals surface area contributed by atoms with E-state index in [4.69, 9.17) is 5.11 Å². The predicted octanol–water partition coefficient (Wildman–Crippen LogP) is 1.96. The SMILES string of the molecule is O=C(O)CC1CC(=O)c2cc(N3CCCC3=O)ccc21. The van der Waals surface area contributed by atoms with Gasteiger partial charge in [0.15, 0.2) is 5.78 Å². The lowest BCUT2D eigenvalue weighted by molar-refractivity contribution is -0.137. The molecule has 1 saturated heterocycles. The van der Waals surface area contributed by atoms with E-state index in [2.05, 4.69) is 0 Å². The van der Waals surface area contributed by atoms with Crippen LogP contribution in [0.3, 0.4) is 0 Å². The summed E-state index contributed by atoms with van der Waals surface area (Å²) in [7, 11) is 0. The molecule has 1 aromatic rings. The molecule has 0 saturated carbocycles. The molecule has 1 fully saturated rings. The lowest BCUT2D eigenvalue weighted by Crippen LogP contribution is -2.23. The van der Waals surface area contributed by atoms with E-state index in [1.165, 1.54) is 0 Å². The van der Waals surface area contributed by atoms with E-state index in [1.807, 2.05) is 6.07 Å². The number of hydrogen-bond donors (Lipinski definition) is 1. The van der Waals surface area contributed by atoms with Crippen molar-refractivity contribution in [3.63, 3.8) is 0 Å². The molecule has 1 atom stereocenters. The fraction of sp³-hybridized carbons (Fsp3) is 0.400. The molecule has 0 spiro atoms. The van der Waals surface area contributed by atoms with Crippen LogP contribution in [0.25, 0.3) is 0 Å². The summed E-state index contributed by atoms with van der Waals surface area (Å²) in [6.07, 6.45) is 1.61. The van der Waals surface area contributed by atoms with E-state index < -0.39 is 5.97 Å². The van der Waals surface area contributed by atoms with Gasteiger partial charge in [0.2, 0.25) is 5.91 Å². The summed E-state index contributed by atoms with van der Waals surface area (Å²) in [6.45, 7) is 0.685. The lowest BCUT2D eigenvalue weighted by atomic mass is 9.97. The van der Waals surface area contributed by atoms with Gasteiger partial charge in [0.1, 0.15) is 0 Å². The topological polar surface area (TPSA) is 74.7 Å². The highest BCUT2D eigenvalue weighted by Crippen LogP contribution is 2.37. The zero-order valence-electron chi connectivity index (χ0n) is 11.0. The first-order valence-corrected chi connectivity index (χ1v) is 6.75. The number of carbonyl (C=O) groups excluding carboxylic acids is 2. The highest BCUT2D eigenvalue weighted by Gasteiger charge is 2.32. The summed E-state index contributed by atoms with van der Waals surface area (Å²) in [5.74, 6) is -1.08. The standard InChI is InChI=1S/C15H15NO4/c17-13-6-9(7-15(19)20)11-4-3-10(8-12(11)13)16-5-1-2-14(16)18/h3-4,8-9H,1-2,5-7H2,(H,19,20). The van der Waals surface area contributed by atoms with Crippen LogP contribution in [0.4, 0.5) is 5.69 Å². The van der Waals surface area contributed by atoms with Crippen molar-refractivity contribution in [2.75, 3.05) is 11.4 Å². The van der Waals surface area contributed by atoms with Crippen molar-refractivity contribution in [1.82, 2.24) is 0 Å². The number of anilines is 1. The number of ketones is 1. The van der Waals surface area contributed by atoms with Crippen LogP contribution >= 0.6 is 0 Å². The van der Waals surface area contributed by atoms with Crippen LogP contribution in [-0.2, 0) is 9.59 Å². The molecule has 0 bridgehead atoms. The zero-order valence-corrected chi connectivity index (χ0v) is 11.0. The number of Topliss-reactive ketones (excluding diaryl/α,β-unsaturated/α-hetero) is 1. The highest BCUT2D eigenvalue weighted by atomic mass is 16.4. The van der Waals surface area contributed by atoms with Gasteiger partial charge in [0.25, 0.3) is 0 Å². The fourth-order valence-electron chi connectivity index (χ4n) is 3.07. The normalized spacial score (nSPS) is 21.4. The summed E-state index contributed by atoms with van der Waals surface area (Å²) >= 11 is 0. The number of carboxylic acids is 1. The third-order valence-electron chi connectivity index (χ3n) is 4.02. The highest BCUT2D eigenvalue weighted by molar-refractivity contribution is 6.04. The van der Waals surface area contributed by atoms with Crippen molar-refractivity contribution in [2.45, 2.75) is 31.6 Å². The molecule has 2 aliphatic rings. The molecule has 5 heteroatoms. The molecule has 0 aromatic heterocycles. The Kier molecular flexibility index (Phi) is 3.04. The number of carboxylic acid groups (broad SMARTS) is 1. The molecule has 1 amide bonds. The molecule has 1 heterocycles. The largest absolute Gasteiger partial charge is 0.481 e. The molecule has 5 nitrogen and oxygen atoms in total. The second kappa shape index (κ2) is 4.74. The van der Waals surface area contributed by atoms with Crippen LogP contribution in [0.2, 0.25) is 0 Å². The number of aliphatic carboxylic acids is 1. The minimum atomic E-state index is -0.894. The maximum atomic E-state index is 12.0. The molecular weight excluding hydrogens is 258 g/mol. The van der Waals surface area contributed by atoms with Crippen molar-refractivity contribution in [1.29, 1.82) is 0 Å². The summed E-state index contributed by atoms with van der Waals surface area (Å²) in [6, 6.07) is 5.35. The van der Waals surface area contributed by atoms with Crippen LogP contribution in [-0.4, -0.2) is 29.3 Å². The van der Waals surface area contributed by atoms with Gasteiger partial charge >= 0.3 is 5.97 Å². The molecule has 3 rings (SSSR count). The first kappa shape index (κ1) is 12.8. The van der Waals surface area contributed by atoms with Crippen LogP contribution in [0.15, 0.2) is 18.2 Å². The van der Waals surface area contributed by atoms with Crippen LogP contribution in [0.1, 0.15) is 47.5 Å². The zero-order chi connectivity index (χ0) is 14.3. The maximum absolute atomic E-state index is 12.0. The molecule has 1 unspecified atom stereocenters. The Bertz CT molecular complexity index is 608. The van der Waals surface area contributed by atoms with E-state index >= 15 is 0 Å². The van der Waals surface area contributed by atoms with E-state index in [0.29, 0.717) is 18.5 Å². The number of amides is 1. The summed E-state index contributed by atoms with van der Waals surface area (Å²) < 4.78 is 0. The number of fused-ring (bicyclic) bond motifs is 1. The first-order valence-electron chi connectivity index (χ1n) is 6.75. The fourth-order valence-corrected chi connectivity index (χ4v) is 3.07. The molecule has 1 aliphatic heterocycles. The van der Waals surface area contributed by atoms with Gasteiger partial charge in [-0.05, 0) is 24.1 Å². The average Bonchev–Trinajstić information content (AvgIpc) is 2.94. The molecule has 1 aliphatic carbocycles. The molecule has 20 heavy (non-hydrogen) atoms. The minimum Gasteiger partial charge on any atom is -0.481 e. The second-order valence-electron chi connectivity index (χ2n) is 5.34. The van der Waals surface area contributed by atoms with Crippen molar-refractivity contribution in [3.8, 4) is 0 Å². The monoisotopic (exact) mass is 273 g/mol. The smallest absolute Gasteiger partial charge is 0.303 e. The third kappa shape index (κ3) is 2.09. The predicted molar refractivity (Wildman–Crippen MR) is 72.0 cm³/mol. The Labute approximate surface area is 116 Å². The van der Waals surface area contributed by atoms with Crippen LogP contribution in [0.5, 0.6) is 0 Å². The van der Waals surface area contributed by atoms with Crippen molar-refractivity contribution < 1.29 is 19.5 Å². The average molecular weight is 273 g/mol. The van der Waals surface area contributed by atoms with Gasteiger partial charge in [-0.2, -0.15) is 0 Å². The summed E-state index contributed by atoms with van der Waals surface area (Å²) in [5, 5.41) is 8.88. The Morgan fingerprint density at radius 3 is 2.80 bits per heavy atom. The van der Waals surface area contributed by atoms with E-state index in [9.17, 15) is 14.4 Å². The third-order valence-corrected chi connectivity index (χ3v) is 4.02. The van der Waals surface area contributed by atoms with Crippen molar-refractivity contribution >= 4 is 23.3 Å². The lowest BCUT2D eigenvalue weighted by Gasteiger charge is -2.17. The van der Waals surface area contributed by atoms with E-state index in [1.54, 1.807) is 17.0 Å². The number of nitrogens with zero attached hydrogens (tertiary/aromatic N) is 1. The van der Waals surface area contributed by atoms with E-state index in [-0.39, 0.29) is 30.4 Å². The van der Waals surface area contributed by atoms with Crippen LogP contribution in [0, 0.1) is 0 Å². The van der Waals surface area contributed by atoms with Gasteiger partial charge in [-0.15, -0.1) is 0 Å². The molecule has 1 N–H and O–H groups in total. The van der Waals surface area contributed by atoms with Crippen molar-refractivity contribution in [2.24, 2.45) is 0 Å². The van der Waals surface area contributed by atoms with Gasteiger partial charge in [-0.3, -0.25) is 14.4 Å². The minimum absolute atomic E-state index is 0.0271. The Hall–Kier alpha value is -2.17. The van der Waals surface area contributed by atoms with Crippen molar-refractivity contribution in [3.05, 3.63) is 29.3 Å². The maximum Gasteiger partial charge on any atom is 0.303 e.